The summed E-state index contributed by atoms with van der Waals surface area (Å²) in [7, 11) is 0. The Balaban J connectivity index is 3.18. The van der Waals surface area contributed by atoms with Crippen molar-refractivity contribution in [1.29, 1.82) is 0 Å². The van der Waals surface area contributed by atoms with Gasteiger partial charge in [0.25, 0.3) is 0 Å². The van der Waals surface area contributed by atoms with Gasteiger partial charge in [-0.25, -0.2) is 4.39 Å². The molecule has 0 aromatic heterocycles. The van der Waals surface area contributed by atoms with Gasteiger partial charge in [0.1, 0.15) is 12.1 Å². The van der Waals surface area contributed by atoms with Crippen LogP contribution in [0.4, 0.5) is 4.39 Å². The van der Waals surface area contributed by atoms with Crippen LogP contribution in [-0.2, 0) is 10.2 Å². The molecule has 1 aromatic rings. The van der Waals surface area contributed by atoms with E-state index in [0.717, 1.165) is 0 Å². The summed E-state index contributed by atoms with van der Waals surface area (Å²) >= 11 is 0. The number of carboxylic acid groups (broad SMARTS) is 1. The monoisotopic (exact) mass is 197 g/mol. The average Bonchev–Trinajstić information content (AvgIpc) is 2.22. The minimum Gasteiger partial charge on any atom is -0.480 e. The lowest BCUT2D eigenvalue weighted by molar-refractivity contribution is -0.144. The number of alkyl halides is 1. The number of hydrogen-bond donors (Lipinski definition) is 2. The Hall–Kier alpha value is -1.42. The van der Waals surface area contributed by atoms with E-state index in [1.54, 1.807) is 30.3 Å². The second-order valence-electron chi connectivity index (χ2n) is 3.09. The third kappa shape index (κ3) is 1.61. The Morgan fingerprint density at radius 3 is 2.36 bits per heavy atom. The van der Waals surface area contributed by atoms with E-state index in [4.69, 9.17) is 10.8 Å². The van der Waals surface area contributed by atoms with Crippen LogP contribution in [0.25, 0.3) is 0 Å². The minimum absolute atomic E-state index is 0.247. The van der Waals surface area contributed by atoms with Gasteiger partial charge in [0.05, 0.1) is 0 Å². The van der Waals surface area contributed by atoms with Crippen molar-refractivity contribution in [2.45, 2.75) is 5.41 Å². The molecule has 0 radical (unpaired) electrons. The van der Waals surface area contributed by atoms with Crippen LogP contribution in [0, 0.1) is 0 Å². The maximum Gasteiger partial charge on any atom is 0.318 e. The minimum atomic E-state index is -1.60. The number of nitrogens with two attached hydrogens (primary N) is 1. The number of carboxylic acids is 1. The van der Waals surface area contributed by atoms with Crippen molar-refractivity contribution in [3.63, 3.8) is 0 Å². The summed E-state index contributed by atoms with van der Waals surface area (Å²) in [5.41, 5.74) is 4.13. The van der Waals surface area contributed by atoms with Crippen molar-refractivity contribution in [2.24, 2.45) is 5.73 Å². The van der Waals surface area contributed by atoms with Crippen LogP contribution in [0.1, 0.15) is 5.56 Å². The molecule has 0 amide bonds. The van der Waals surface area contributed by atoms with Gasteiger partial charge in [-0.2, -0.15) is 0 Å². The van der Waals surface area contributed by atoms with Gasteiger partial charge in [0.2, 0.25) is 0 Å². The zero-order valence-electron chi connectivity index (χ0n) is 7.61. The highest BCUT2D eigenvalue weighted by atomic mass is 19.1. The van der Waals surface area contributed by atoms with E-state index >= 15 is 0 Å². The van der Waals surface area contributed by atoms with Crippen molar-refractivity contribution in [3.05, 3.63) is 35.9 Å². The first-order valence-corrected chi connectivity index (χ1v) is 4.22. The predicted molar refractivity (Wildman–Crippen MR) is 50.8 cm³/mol. The molecule has 1 unspecified atom stereocenters. The van der Waals surface area contributed by atoms with Crippen LogP contribution in [0.2, 0.25) is 0 Å². The van der Waals surface area contributed by atoms with E-state index < -0.39 is 18.1 Å². The molecule has 0 aliphatic heterocycles. The average molecular weight is 197 g/mol. The Labute approximate surface area is 81.4 Å². The first kappa shape index (κ1) is 10.7. The summed E-state index contributed by atoms with van der Waals surface area (Å²) in [5.74, 6) is -1.23. The van der Waals surface area contributed by atoms with E-state index in [2.05, 4.69) is 0 Å². The fraction of sp³-hybridized carbons (Fsp3) is 0.300. The van der Waals surface area contributed by atoms with Gasteiger partial charge in [-0.1, -0.05) is 30.3 Å². The zero-order chi connectivity index (χ0) is 10.6. The summed E-state index contributed by atoms with van der Waals surface area (Å²) in [6.07, 6.45) is 0. The highest BCUT2D eigenvalue weighted by Gasteiger charge is 2.39. The highest BCUT2D eigenvalue weighted by molar-refractivity contribution is 5.82. The highest BCUT2D eigenvalue weighted by Crippen LogP contribution is 2.23. The zero-order valence-corrected chi connectivity index (χ0v) is 7.61. The maximum absolute atomic E-state index is 12.8. The normalized spacial score (nSPS) is 14.7. The standard InChI is InChI=1S/C10H12FNO2/c11-6-10(7-12,9(13)14)8-4-2-1-3-5-8/h1-5H,6-7,12H2,(H,13,14). The SMILES string of the molecule is NCC(CF)(C(=O)O)c1ccccc1. The Morgan fingerprint density at radius 2 is 2.00 bits per heavy atom. The lowest BCUT2D eigenvalue weighted by Crippen LogP contribution is -2.44. The van der Waals surface area contributed by atoms with Crippen LogP contribution in [0.3, 0.4) is 0 Å². The molecule has 0 aliphatic carbocycles. The van der Waals surface area contributed by atoms with Gasteiger partial charge < -0.3 is 10.8 Å². The van der Waals surface area contributed by atoms with Gasteiger partial charge in [-0.15, -0.1) is 0 Å². The fourth-order valence-electron chi connectivity index (χ4n) is 1.27. The molecule has 3 nitrogen and oxygen atoms in total. The molecule has 0 spiro atoms. The van der Waals surface area contributed by atoms with Crippen LogP contribution in [0.5, 0.6) is 0 Å². The molecule has 4 heteroatoms. The molecule has 3 N–H and O–H groups in total. The van der Waals surface area contributed by atoms with E-state index in [9.17, 15) is 9.18 Å². The Kier molecular flexibility index (Phi) is 3.19. The van der Waals surface area contributed by atoms with Crippen LogP contribution in [0.15, 0.2) is 30.3 Å². The lowest BCUT2D eigenvalue weighted by atomic mass is 9.82. The number of rotatable bonds is 4. The number of carbonyl (C=O) groups is 1. The molecule has 76 valence electrons. The van der Waals surface area contributed by atoms with Crippen LogP contribution in [-0.4, -0.2) is 24.3 Å². The van der Waals surface area contributed by atoms with Gasteiger partial charge in [-0.3, -0.25) is 4.79 Å². The van der Waals surface area contributed by atoms with Gasteiger partial charge in [0.15, 0.2) is 0 Å². The first-order chi connectivity index (χ1) is 6.67. The Bertz CT molecular complexity index is 309. The van der Waals surface area contributed by atoms with E-state index in [-0.39, 0.29) is 6.54 Å². The molecule has 0 fully saturated rings. The summed E-state index contributed by atoms with van der Waals surface area (Å²) in [5, 5.41) is 8.96. The van der Waals surface area contributed by atoms with Crippen LogP contribution < -0.4 is 5.73 Å². The van der Waals surface area contributed by atoms with Gasteiger partial charge >= 0.3 is 5.97 Å². The fourth-order valence-corrected chi connectivity index (χ4v) is 1.27. The molecule has 14 heavy (non-hydrogen) atoms. The van der Waals surface area contributed by atoms with Crippen molar-refractivity contribution in [1.82, 2.24) is 0 Å². The summed E-state index contributed by atoms with van der Waals surface area (Å²) in [6, 6.07) is 8.21. The molecule has 1 rings (SSSR count). The lowest BCUT2D eigenvalue weighted by Gasteiger charge is -2.24. The number of hydrogen-bond acceptors (Lipinski definition) is 2. The van der Waals surface area contributed by atoms with Gasteiger partial charge in [0, 0.05) is 6.54 Å². The van der Waals surface area contributed by atoms with Crippen LogP contribution >= 0.6 is 0 Å². The molecule has 0 heterocycles. The maximum atomic E-state index is 12.8. The topological polar surface area (TPSA) is 63.3 Å². The molecule has 0 saturated heterocycles. The van der Waals surface area contributed by atoms with Crippen molar-refractivity contribution in [3.8, 4) is 0 Å². The second kappa shape index (κ2) is 4.19. The molecule has 0 aliphatic rings. The molecule has 0 saturated carbocycles. The third-order valence-electron chi connectivity index (χ3n) is 2.31. The quantitative estimate of drug-likeness (QED) is 0.755. The summed E-state index contributed by atoms with van der Waals surface area (Å²) in [4.78, 5) is 11.0. The van der Waals surface area contributed by atoms with E-state index in [1.807, 2.05) is 0 Å². The van der Waals surface area contributed by atoms with Crippen molar-refractivity contribution in [2.75, 3.05) is 13.2 Å². The Morgan fingerprint density at radius 1 is 1.43 bits per heavy atom. The van der Waals surface area contributed by atoms with Crippen molar-refractivity contribution >= 4 is 5.97 Å². The smallest absolute Gasteiger partial charge is 0.318 e. The third-order valence-corrected chi connectivity index (χ3v) is 2.31. The summed E-state index contributed by atoms with van der Waals surface area (Å²) < 4.78 is 12.8. The molecule has 0 bridgehead atoms. The molecular formula is C10H12FNO2. The number of benzene rings is 1. The summed E-state index contributed by atoms with van der Waals surface area (Å²) in [6.45, 7) is -1.24. The van der Waals surface area contributed by atoms with E-state index in [0.29, 0.717) is 5.56 Å². The number of halogens is 1. The molecular weight excluding hydrogens is 185 g/mol. The largest absolute Gasteiger partial charge is 0.480 e. The number of aliphatic carboxylic acids is 1. The molecule has 1 aromatic carbocycles. The van der Waals surface area contributed by atoms with E-state index in [1.165, 1.54) is 0 Å². The van der Waals surface area contributed by atoms with Gasteiger partial charge in [-0.05, 0) is 5.56 Å². The molecule has 1 atom stereocenters. The van der Waals surface area contributed by atoms with Crippen molar-refractivity contribution < 1.29 is 14.3 Å². The second-order valence-corrected chi connectivity index (χ2v) is 3.09. The predicted octanol–water partition coefficient (Wildman–Crippen LogP) is 0.937. The first-order valence-electron chi connectivity index (χ1n) is 4.22.